The topological polar surface area (TPSA) is 0 Å². The standard InChI is InChI=1S/C8H8Cl4/c9-3-1-2-4(10)6-5(3)7(11)8(6)12/h1-8H/t3-,4+,5-,6+,7+,8-. The fourth-order valence-electron chi connectivity index (χ4n) is 1.95. The Bertz CT molecular complexity index is 193. The highest BCUT2D eigenvalue weighted by molar-refractivity contribution is 6.34. The summed E-state index contributed by atoms with van der Waals surface area (Å²) < 4.78 is 0. The lowest BCUT2D eigenvalue weighted by molar-refractivity contribution is 0.194. The van der Waals surface area contributed by atoms with Crippen LogP contribution in [-0.4, -0.2) is 21.5 Å². The first-order valence-electron chi connectivity index (χ1n) is 3.87. The van der Waals surface area contributed by atoms with Crippen molar-refractivity contribution in [2.75, 3.05) is 0 Å². The van der Waals surface area contributed by atoms with Crippen LogP contribution in [0.2, 0.25) is 0 Å². The number of hydrogen-bond acceptors (Lipinski definition) is 0. The Kier molecular flexibility index (Phi) is 2.55. The molecule has 0 heterocycles. The van der Waals surface area contributed by atoms with E-state index in [1.54, 1.807) is 0 Å². The second-order valence-electron chi connectivity index (χ2n) is 3.32. The summed E-state index contributed by atoms with van der Waals surface area (Å²) in [7, 11) is 0. The summed E-state index contributed by atoms with van der Waals surface area (Å²) in [5, 5.41) is -0.0410. The van der Waals surface area contributed by atoms with Gasteiger partial charge in [0, 0.05) is 11.8 Å². The number of rotatable bonds is 0. The zero-order valence-electron chi connectivity index (χ0n) is 6.13. The van der Waals surface area contributed by atoms with Gasteiger partial charge >= 0.3 is 0 Å². The van der Waals surface area contributed by atoms with Crippen LogP contribution in [0.3, 0.4) is 0 Å². The quantitative estimate of drug-likeness (QED) is 0.454. The lowest BCUT2D eigenvalue weighted by atomic mass is 9.66. The summed E-state index contributed by atoms with van der Waals surface area (Å²) in [6.45, 7) is 0. The van der Waals surface area contributed by atoms with Crippen LogP contribution in [0.4, 0.5) is 0 Å². The maximum atomic E-state index is 6.05. The molecule has 4 heteroatoms. The molecular weight excluding hydrogens is 238 g/mol. The van der Waals surface area contributed by atoms with Crippen molar-refractivity contribution in [2.45, 2.75) is 21.5 Å². The van der Waals surface area contributed by atoms with Gasteiger partial charge in [-0.05, 0) is 0 Å². The van der Waals surface area contributed by atoms with Crippen LogP contribution in [0.15, 0.2) is 12.2 Å². The second kappa shape index (κ2) is 3.24. The first-order valence-corrected chi connectivity index (χ1v) is 5.62. The van der Waals surface area contributed by atoms with E-state index >= 15 is 0 Å². The molecule has 2 rings (SSSR count). The van der Waals surface area contributed by atoms with Crippen LogP contribution in [-0.2, 0) is 0 Å². The largest absolute Gasteiger partial charge is 0.121 e. The third-order valence-electron chi connectivity index (χ3n) is 2.70. The highest BCUT2D eigenvalue weighted by atomic mass is 35.5. The van der Waals surface area contributed by atoms with Crippen LogP contribution in [0.25, 0.3) is 0 Å². The van der Waals surface area contributed by atoms with Crippen LogP contribution in [0.5, 0.6) is 0 Å². The van der Waals surface area contributed by atoms with Crippen molar-refractivity contribution in [1.29, 1.82) is 0 Å². The highest BCUT2D eigenvalue weighted by Crippen LogP contribution is 2.51. The van der Waals surface area contributed by atoms with Crippen molar-refractivity contribution >= 4 is 46.4 Å². The minimum Gasteiger partial charge on any atom is -0.121 e. The summed E-state index contributed by atoms with van der Waals surface area (Å²) in [6, 6.07) is 0. The smallest absolute Gasteiger partial charge is 0.0563 e. The molecule has 0 aromatic carbocycles. The van der Waals surface area contributed by atoms with Gasteiger partial charge in [-0.3, -0.25) is 0 Å². The van der Waals surface area contributed by atoms with Gasteiger partial charge in [0.05, 0.1) is 21.5 Å². The summed E-state index contributed by atoms with van der Waals surface area (Å²) in [4.78, 5) is 0. The average Bonchev–Trinajstić information content (AvgIpc) is 2.07. The van der Waals surface area contributed by atoms with Gasteiger partial charge in [0.15, 0.2) is 0 Å². The molecule has 0 amide bonds. The predicted molar refractivity (Wildman–Crippen MR) is 54.7 cm³/mol. The minimum atomic E-state index is -0.0228. The third kappa shape index (κ3) is 1.19. The molecule has 0 unspecified atom stereocenters. The van der Waals surface area contributed by atoms with Crippen molar-refractivity contribution in [3.05, 3.63) is 12.2 Å². The predicted octanol–water partition coefficient (Wildman–Crippen LogP) is 3.23. The van der Waals surface area contributed by atoms with Gasteiger partial charge in [0.1, 0.15) is 0 Å². The van der Waals surface area contributed by atoms with E-state index in [0.29, 0.717) is 0 Å². The van der Waals surface area contributed by atoms with E-state index in [4.69, 9.17) is 46.4 Å². The molecule has 6 atom stereocenters. The second-order valence-corrected chi connectivity index (χ2v) is 5.33. The maximum absolute atomic E-state index is 6.05. The van der Waals surface area contributed by atoms with E-state index in [1.807, 2.05) is 12.2 Å². The number of fused-ring (bicyclic) bond motifs is 1. The normalized spacial score (nSPS) is 57.7. The van der Waals surface area contributed by atoms with Crippen LogP contribution < -0.4 is 0 Å². The molecule has 0 aromatic rings. The van der Waals surface area contributed by atoms with Crippen LogP contribution in [0.1, 0.15) is 0 Å². The first kappa shape index (κ1) is 9.45. The van der Waals surface area contributed by atoms with Gasteiger partial charge in [-0.25, -0.2) is 0 Å². The molecular formula is C8H8Cl4. The lowest BCUT2D eigenvalue weighted by Crippen LogP contribution is -2.57. The van der Waals surface area contributed by atoms with Crippen LogP contribution >= 0.6 is 46.4 Å². The number of allylic oxidation sites excluding steroid dienone is 2. The first-order chi connectivity index (χ1) is 5.63. The van der Waals surface area contributed by atoms with E-state index < -0.39 is 0 Å². The van der Waals surface area contributed by atoms with Gasteiger partial charge in [-0.15, -0.1) is 46.4 Å². The van der Waals surface area contributed by atoms with Gasteiger partial charge in [-0.2, -0.15) is 0 Å². The van der Waals surface area contributed by atoms with Gasteiger partial charge in [0.2, 0.25) is 0 Å². The molecule has 1 fully saturated rings. The summed E-state index contributed by atoms with van der Waals surface area (Å²) in [5.41, 5.74) is 0. The molecule has 0 aromatic heterocycles. The van der Waals surface area contributed by atoms with Crippen molar-refractivity contribution < 1.29 is 0 Å². The van der Waals surface area contributed by atoms with Gasteiger partial charge < -0.3 is 0 Å². The molecule has 0 bridgehead atoms. The fraction of sp³-hybridized carbons (Fsp3) is 0.750. The highest BCUT2D eigenvalue weighted by Gasteiger charge is 2.54. The zero-order chi connectivity index (χ0) is 8.88. The summed E-state index contributed by atoms with van der Waals surface area (Å²) in [5.74, 6) is 0.506. The Morgan fingerprint density at radius 3 is 1.33 bits per heavy atom. The molecule has 0 radical (unpaired) electrons. The molecule has 0 N–H and O–H groups in total. The Balaban J connectivity index is 2.20. The molecule has 68 valence electrons. The number of hydrogen-bond donors (Lipinski definition) is 0. The van der Waals surface area contributed by atoms with Crippen molar-refractivity contribution in [3.8, 4) is 0 Å². The maximum Gasteiger partial charge on any atom is 0.0563 e. The molecule has 1 saturated carbocycles. The molecule has 2 aliphatic carbocycles. The van der Waals surface area contributed by atoms with E-state index in [-0.39, 0.29) is 33.3 Å². The molecule has 0 spiro atoms. The summed E-state index contributed by atoms with van der Waals surface area (Å²) >= 11 is 24.1. The molecule has 2 aliphatic rings. The Morgan fingerprint density at radius 2 is 1.00 bits per heavy atom. The Morgan fingerprint density at radius 1 is 0.667 bits per heavy atom. The summed E-state index contributed by atoms with van der Waals surface area (Å²) in [6.07, 6.45) is 3.83. The fourth-order valence-corrected chi connectivity index (χ4v) is 3.90. The average molecular weight is 246 g/mol. The van der Waals surface area contributed by atoms with E-state index in [2.05, 4.69) is 0 Å². The van der Waals surface area contributed by atoms with Crippen molar-refractivity contribution in [3.63, 3.8) is 0 Å². The van der Waals surface area contributed by atoms with E-state index in [0.717, 1.165) is 0 Å². The Labute approximate surface area is 91.8 Å². The Hall–Kier alpha value is 0.900. The number of halogens is 4. The van der Waals surface area contributed by atoms with Crippen LogP contribution in [0, 0.1) is 11.8 Å². The SMILES string of the molecule is Cl[C@@H]1[C@H](Cl)[C@@H]2[C@H]1[C@H](Cl)C=C[C@@H]2Cl. The van der Waals surface area contributed by atoms with E-state index in [1.165, 1.54) is 0 Å². The van der Waals surface area contributed by atoms with Crippen molar-refractivity contribution in [1.82, 2.24) is 0 Å². The molecule has 0 aliphatic heterocycles. The monoisotopic (exact) mass is 244 g/mol. The third-order valence-corrected chi connectivity index (χ3v) is 4.82. The number of alkyl halides is 4. The minimum absolute atomic E-state index is 0.00231. The molecule has 0 nitrogen and oxygen atoms in total. The van der Waals surface area contributed by atoms with Crippen molar-refractivity contribution in [2.24, 2.45) is 11.8 Å². The molecule has 0 saturated heterocycles. The van der Waals surface area contributed by atoms with E-state index in [9.17, 15) is 0 Å². The molecule has 12 heavy (non-hydrogen) atoms. The van der Waals surface area contributed by atoms with Gasteiger partial charge in [-0.1, -0.05) is 12.2 Å². The zero-order valence-corrected chi connectivity index (χ0v) is 9.15. The van der Waals surface area contributed by atoms with Gasteiger partial charge in [0.25, 0.3) is 0 Å². The lowest BCUT2D eigenvalue weighted by Gasteiger charge is -2.51.